The number of aromatic nitrogens is 6. The van der Waals surface area contributed by atoms with Crippen molar-refractivity contribution in [2.45, 2.75) is 32.0 Å². The predicted octanol–water partition coefficient (Wildman–Crippen LogP) is 0.279. The summed E-state index contributed by atoms with van der Waals surface area (Å²) in [5.41, 5.74) is 0.820. The number of fused-ring (bicyclic) bond motifs is 3. The van der Waals surface area contributed by atoms with Crippen LogP contribution in [0, 0.1) is 6.92 Å². The van der Waals surface area contributed by atoms with Crippen molar-refractivity contribution < 1.29 is 4.52 Å². The molecule has 0 aromatic carbocycles. The lowest BCUT2D eigenvalue weighted by molar-refractivity contribution is 0.221. The Morgan fingerprint density at radius 1 is 1.30 bits per heavy atom. The second-order valence-electron chi connectivity index (χ2n) is 6.17. The van der Waals surface area contributed by atoms with E-state index in [-0.39, 0.29) is 0 Å². The van der Waals surface area contributed by atoms with Gasteiger partial charge in [-0.1, -0.05) is 5.16 Å². The molecule has 9 nitrogen and oxygen atoms in total. The Morgan fingerprint density at radius 2 is 2.26 bits per heavy atom. The quantitative estimate of drug-likeness (QED) is 0.681. The van der Waals surface area contributed by atoms with Crippen LogP contribution < -0.4 is 4.90 Å². The normalized spacial score (nSPS) is 24.1. The lowest BCUT2D eigenvalue weighted by Crippen LogP contribution is -2.46. The first-order valence-corrected chi connectivity index (χ1v) is 7.72. The topological polar surface area (TPSA) is 88.5 Å². The number of hydrogen-bond acceptors (Lipinski definition) is 8. The van der Waals surface area contributed by atoms with Crippen molar-refractivity contribution in [2.75, 3.05) is 18.0 Å². The molecule has 118 valence electrons. The van der Waals surface area contributed by atoms with Crippen molar-refractivity contribution in [3.8, 4) is 0 Å². The Hall–Kier alpha value is -2.55. The Balaban J connectivity index is 1.37. The SMILES string of the molecule is Cc1nc(CN2CC3CC2CN3c2nccn3cnnc23)no1. The van der Waals surface area contributed by atoms with Crippen LogP contribution in [-0.4, -0.2) is 59.8 Å². The fourth-order valence-electron chi connectivity index (χ4n) is 3.74. The van der Waals surface area contributed by atoms with Crippen LogP contribution in [0.5, 0.6) is 0 Å². The fraction of sp³-hybridized carbons (Fsp3) is 0.500. The Kier molecular flexibility index (Phi) is 2.66. The van der Waals surface area contributed by atoms with Crippen LogP contribution in [0.4, 0.5) is 5.82 Å². The molecule has 0 aliphatic carbocycles. The van der Waals surface area contributed by atoms with E-state index in [1.165, 1.54) is 0 Å². The maximum Gasteiger partial charge on any atom is 0.223 e. The van der Waals surface area contributed by atoms with Gasteiger partial charge in [-0.15, -0.1) is 10.2 Å². The van der Waals surface area contributed by atoms with E-state index in [4.69, 9.17) is 4.52 Å². The average Bonchev–Trinajstić information content (AvgIpc) is 3.30. The van der Waals surface area contributed by atoms with E-state index < -0.39 is 0 Å². The van der Waals surface area contributed by atoms with Crippen LogP contribution in [0.25, 0.3) is 5.65 Å². The molecule has 0 spiro atoms. The number of rotatable bonds is 3. The highest BCUT2D eigenvalue weighted by Crippen LogP contribution is 2.35. The number of hydrogen-bond donors (Lipinski definition) is 0. The Labute approximate surface area is 131 Å². The van der Waals surface area contributed by atoms with Crippen LogP contribution in [0.3, 0.4) is 0 Å². The summed E-state index contributed by atoms with van der Waals surface area (Å²) < 4.78 is 6.97. The minimum absolute atomic E-state index is 0.448. The first-order chi connectivity index (χ1) is 11.3. The van der Waals surface area contributed by atoms with Gasteiger partial charge in [-0.25, -0.2) is 4.98 Å². The first-order valence-electron chi connectivity index (χ1n) is 7.72. The third-order valence-corrected chi connectivity index (χ3v) is 4.74. The standard InChI is InChI=1S/C14H16N8O/c1-9-17-12(19-23-9)7-21-5-11-4-10(21)6-22(11)13-14-18-16-8-20(14)3-2-15-13/h2-3,8,10-11H,4-7H2,1H3. The fourth-order valence-corrected chi connectivity index (χ4v) is 3.74. The molecule has 0 N–H and O–H groups in total. The molecule has 0 radical (unpaired) electrons. The average molecular weight is 312 g/mol. The lowest BCUT2D eigenvalue weighted by atomic mass is 10.2. The summed E-state index contributed by atoms with van der Waals surface area (Å²) >= 11 is 0. The molecule has 0 saturated carbocycles. The van der Waals surface area contributed by atoms with E-state index in [0.29, 0.717) is 18.0 Å². The highest BCUT2D eigenvalue weighted by Gasteiger charge is 2.44. The zero-order chi connectivity index (χ0) is 15.4. The molecular formula is C14H16N8O. The first kappa shape index (κ1) is 12.9. The maximum absolute atomic E-state index is 5.06. The summed E-state index contributed by atoms with van der Waals surface area (Å²) in [7, 11) is 0. The van der Waals surface area contributed by atoms with Crippen molar-refractivity contribution in [3.05, 3.63) is 30.4 Å². The van der Waals surface area contributed by atoms with Gasteiger partial charge >= 0.3 is 0 Å². The Bertz CT molecular complexity index is 857. The molecule has 9 heteroatoms. The molecule has 3 aromatic heterocycles. The lowest BCUT2D eigenvalue weighted by Gasteiger charge is -2.34. The zero-order valence-electron chi connectivity index (χ0n) is 12.7. The van der Waals surface area contributed by atoms with Gasteiger partial charge in [0, 0.05) is 44.5 Å². The van der Waals surface area contributed by atoms with Gasteiger partial charge < -0.3 is 9.42 Å². The molecule has 2 unspecified atom stereocenters. The molecule has 2 atom stereocenters. The highest BCUT2D eigenvalue weighted by atomic mass is 16.5. The van der Waals surface area contributed by atoms with Crippen molar-refractivity contribution in [3.63, 3.8) is 0 Å². The summed E-state index contributed by atoms with van der Waals surface area (Å²) in [5, 5.41) is 12.2. The summed E-state index contributed by atoms with van der Waals surface area (Å²) in [6, 6.07) is 0.937. The highest BCUT2D eigenvalue weighted by molar-refractivity contribution is 5.64. The summed E-state index contributed by atoms with van der Waals surface area (Å²) in [4.78, 5) is 13.6. The van der Waals surface area contributed by atoms with Crippen LogP contribution in [0.1, 0.15) is 18.1 Å². The van der Waals surface area contributed by atoms with Crippen LogP contribution in [0.2, 0.25) is 0 Å². The van der Waals surface area contributed by atoms with E-state index in [2.05, 4.69) is 35.1 Å². The molecular weight excluding hydrogens is 296 g/mol. The number of aryl methyl sites for hydroxylation is 1. The smallest absolute Gasteiger partial charge is 0.223 e. The van der Waals surface area contributed by atoms with E-state index in [1.807, 2.05) is 17.5 Å². The van der Waals surface area contributed by atoms with Gasteiger partial charge in [0.05, 0.1) is 6.54 Å². The van der Waals surface area contributed by atoms with Crippen molar-refractivity contribution in [1.82, 2.24) is 34.6 Å². The summed E-state index contributed by atoms with van der Waals surface area (Å²) in [6.07, 6.45) is 6.52. The van der Waals surface area contributed by atoms with Gasteiger partial charge in [0.25, 0.3) is 0 Å². The van der Waals surface area contributed by atoms with E-state index >= 15 is 0 Å². The van der Waals surface area contributed by atoms with Gasteiger partial charge in [0.1, 0.15) is 6.33 Å². The van der Waals surface area contributed by atoms with Gasteiger partial charge in [0.15, 0.2) is 11.6 Å². The van der Waals surface area contributed by atoms with Gasteiger partial charge in [0.2, 0.25) is 11.5 Å². The van der Waals surface area contributed by atoms with E-state index in [9.17, 15) is 0 Å². The van der Waals surface area contributed by atoms with Crippen molar-refractivity contribution >= 4 is 11.5 Å². The molecule has 23 heavy (non-hydrogen) atoms. The molecule has 2 fully saturated rings. The number of anilines is 1. The maximum atomic E-state index is 5.06. The van der Waals surface area contributed by atoms with E-state index in [0.717, 1.165) is 43.3 Å². The van der Waals surface area contributed by atoms with Crippen molar-refractivity contribution in [1.29, 1.82) is 0 Å². The van der Waals surface area contributed by atoms with Crippen LogP contribution in [0.15, 0.2) is 23.2 Å². The Morgan fingerprint density at radius 3 is 3.04 bits per heavy atom. The van der Waals surface area contributed by atoms with Crippen LogP contribution in [-0.2, 0) is 6.54 Å². The molecule has 0 amide bonds. The molecule has 5 rings (SSSR count). The molecule has 5 heterocycles. The minimum Gasteiger partial charge on any atom is -0.348 e. The largest absolute Gasteiger partial charge is 0.348 e. The molecule has 2 aliphatic heterocycles. The third kappa shape index (κ3) is 2.00. The van der Waals surface area contributed by atoms with Crippen molar-refractivity contribution in [2.24, 2.45) is 0 Å². The van der Waals surface area contributed by atoms with Gasteiger partial charge in [-0.3, -0.25) is 9.30 Å². The van der Waals surface area contributed by atoms with E-state index in [1.54, 1.807) is 12.5 Å². The third-order valence-electron chi connectivity index (χ3n) is 4.74. The molecule has 3 aromatic rings. The number of likely N-dealkylation sites (tertiary alicyclic amines) is 1. The molecule has 2 aliphatic rings. The number of piperazine rings is 1. The molecule has 2 saturated heterocycles. The predicted molar refractivity (Wildman–Crippen MR) is 79.8 cm³/mol. The zero-order valence-corrected chi connectivity index (χ0v) is 12.7. The summed E-state index contributed by atoms with van der Waals surface area (Å²) in [6.45, 7) is 4.49. The van der Waals surface area contributed by atoms with Crippen LogP contribution >= 0.6 is 0 Å². The number of nitrogens with zero attached hydrogens (tertiary/aromatic N) is 8. The second-order valence-corrected chi connectivity index (χ2v) is 6.17. The minimum atomic E-state index is 0.448. The van der Waals surface area contributed by atoms with Gasteiger partial charge in [-0.05, 0) is 6.42 Å². The van der Waals surface area contributed by atoms with Gasteiger partial charge in [-0.2, -0.15) is 4.98 Å². The monoisotopic (exact) mass is 312 g/mol. The second kappa shape index (κ2) is 4.72. The molecule has 2 bridgehead atoms. The summed E-state index contributed by atoms with van der Waals surface area (Å²) in [5.74, 6) is 2.31.